The molecule has 0 saturated heterocycles. The van der Waals surface area contributed by atoms with Crippen LogP contribution in [-0.4, -0.2) is 24.3 Å². The topological polar surface area (TPSA) is 58.3 Å². The summed E-state index contributed by atoms with van der Waals surface area (Å²) in [5, 5.41) is 12.4. The first-order chi connectivity index (χ1) is 8.08. The molecule has 0 aliphatic heterocycles. The molecule has 0 aliphatic carbocycles. The Morgan fingerprint density at radius 2 is 2.12 bits per heavy atom. The van der Waals surface area contributed by atoms with Crippen LogP contribution in [-0.2, 0) is 0 Å². The molecule has 0 heterocycles. The van der Waals surface area contributed by atoms with Gasteiger partial charge in [-0.05, 0) is 30.5 Å². The van der Waals surface area contributed by atoms with Crippen molar-refractivity contribution in [3.63, 3.8) is 0 Å². The van der Waals surface area contributed by atoms with Crippen LogP contribution in [0.15, 0.2) is 24.3 Å². The molecule has 1 aromatic rings. The van der Waals surface area contributed by atoms with Gasteiger partial charge in [0.2, 0.25) is 0 Å². The highest BCUT2D eigenvalue weighted by atomic mass is 19.1. The van der Waals surface area contributed by atoms with Crippen molar-refractivity contribution < 1.29 is 9.50 Å². The van der Waals surface area contributed by atoms with Crippen LogP contribution in [0.25, 0.3) is 0 Å². The van der Waals surface area contributed by atoms with Gasteiger partial charge in [0.05, 0.1) is 0 Å². The summed E-state index contributed by atoms with van der Waals surface area (Å²) in [6.45, 7) is 4.46. The number of aliphatic hydroxyl groups is 1. The van der Waals surface area contributed by atoms with Crippen molar-refractivity contribution in [2.45, 2.75) is 25.9 Å². The highest BCUT2D eigenvalue weighted by molar-refractivity contribution is 5.20. The van der Waals surface area contributed by atoms with Crippen LogP contribution >= 0.6 is 0 Å². The van der Waals surface area contributed by atoms with Gasteiger partial charge in [-0.3, -0.25) is 0 Å². The van der Waals surface area contributed by atoms with E-state index < -0.39 is 0 Å². The van der Waals surface area contributed by atoms with E-state index in [-0.39, 0.29) is 30.4 Å². The Kier molecular flexibility index (Phi) is 5.55. The van der Waals surface area contributed by atoms with E-state index in [4.69, 9.17) is 10.8 Å². The van der Waals surface area contributed by atoms with Gasteiger partial charge in [0.15, 0.2) is 0 Å². The average Bonchev–Trinajstić information content (AvgIpc) is 2.34. The second-order valence-electron chi connectivity index (χ2n) is 4.46. The third-order valence-electron chi connectivity index (χ3n) is 3.09. The molecule has 3 nitrogen and oxygen atoms in total. The summed E-state index contributed by atoms with van der Waals surface area (Å²) in [5.74, 6) is -0.122. The van der Waals surface area contributed by atoms with E-state index in [0.717, 1.165) is 5.56 Å². The molecule has 3 unspecified atom stereocenters. The number of aliphatic hydroxyl groups excluding tert-OH is 1. The Balaban J connectivity index is 2.72. The van der Waals surface area contributed by atoms with Gasteiger partial charge >= 0.3 is 0 Å². The van der Waals surface area contributed by atoms with E-state index in [0.29, 0.717) is 6.54 Å². The minimum absolute atomic E-state index is 0.0882. The predicted octanol–water partition coefficient (Wildman–Crippen LogP) is 1.43. The molecule has 1 aromatic carbocycles. The molecule has 0 amide bonds. The summed E-state index contributed by atoms with van der Waals surface area (Å²) >= 11 is 0. The Hall–Kier alpha value is -0.970. The summed E-state index contributed by atoms with van der Waals surface area (Å²) in [6, 6.07) is 6.46. The fourth-order valence-corrected chi connectivity index (χ4v) is 1.66. The maximum Gasteiger partial charge on any atom is 0.123 e. The molecular formula is C13H21FN2O. The number of hydrogen-bond acceptors (Lipinski definition) is 3. The monoisotopic (exact) mass is 240 g/mol. The number of nitrogens with one attached hydrogen (secondary N) is 1. The molecule has 0 fully saturated rings. The predicted molar refractivity (Wildman–Crippen MR) is 67.0 cm³/mol. The molecule has 96 valence electrons. The van der Waals surface area contributed by atoms with E-state index in [9.17, 15) is 4.39 Å². The number of rotatable bonds is 6. The third-order valence-corrected chi connectivity index (χ3v) is 3.09. The smallest absolute Gasteiger partial charge is 0.123 e. The maximum atomic E-state index is 13.1. The highest BCUT2D eigenvalue weighted by Crippen LogP contribution is 2.15. The number of nitrogens with two attached hydrogens (primary N) is 1. The van der Waals surface area contributed by atoms with Crippen molar-refractivity contribution >= 4 is 0 Å². The fourth-order valence-electron chi connectivity index (χ4n) is 1.66. The first-order valence-corrected chi connectivity index (χ1v) is 5.91. The fraction of sp³-hybridized carbons (Fsp3) is 0.538. The second-order valence-corrected chi connectivity index (χ2v) is 4.46. The van der Waals surface area contributed by atoms with E-state index in [1.54, 1.807) is 6.07 Å². The molecule has 0 saturated carbocycles. The zero-order valence-corrected chi connectivity index (χ0v) is 10.4. The van der Waals surface area contributed by atoms with Gasteiger partial charge in [-0.2, -0.15) is 0 Å². The third kappa shape index (κ3) is 4.07. The second kappa shape index (κ2) is 6.69. The van der Waals surface area contributed by atoms with Gasteiger partial charge in [-0.25, -0.2) is 4.39 Å². The van der Waals surface area contributed by atoms with Gasteiger partial charge in [-0.15, -0.1) is 0 Å². The Morgan fingerprint density at radius 1 is 1.41 bits per heavy atom. The molecule has 1 rings (SSSR count). The molecule has 0 spiro atoms. The molecule has 0 aromatic heterocycles. The number of halogens is 1. The van der Waals surface area contributed by atoms with Crippen LogP contribution in [0.4, 0.5) is 4.39 Å². The van der Waals surface area contributed by atoms with Crippen molar-refractivity contribution in [3.8, 4) is 0 Å². The van der Waals surface area contributed by atoms with Crippen LogP contribution in [0.1, 0.15) is 25.5 Å². The zero-order valence-electron chi connectivity index (χ0n) is 10.4. The molecule has 3 atom stereocenters. The standard InChI is InChI=1S/C13H21FN2O/c1-9(8-17)10(2)16-13(7-15)11-4-3-5-12(14)6-11/h3-6,9-10,13,16-17H,7-8,15H2,1-2H3. The number of hydrogen-bond donors (Lipinski definition) is 3. The minimum atomic E-state index is -0.259. The summed E-state index contributed by atoms with van der Waals surface area (Å²) in [7, 11) is 0. The molecule has 17 heavy (non-hydrogen) atoms. The normalized spacial score (nSPS) is 16.5. The first kappa shape index (κ1) is 14.1. The van der Waals surface area contributed by atoms with Gasteiger partial charge < -0.3 is 16.2 Å². The van der Waals surface area contributed by atoms with Crippen LogP contribution in [0.3, 0.4) is 0 Å². The van der Waals surface area contributed by atoms with E-state index >= 15 is 0 Å². The number of benzene rings is 1. The van der Waals surface area contributed by atoms with E-state index in [1.165, 1.54) is 12.1 Å². The Labute approximate surface area is 102 Å². The lowest BCUT2D eigenvalue weighted by Gasteiger charge is -2.26. The molecule has 4 N–H and O–H groups in total. The molecule has 0 aliphatic rings. The lowest BCUT2D eigenvalue weighted by molar-refractivity contribution is 0.201. The molecule has 0 radical (unpaired) electrons. The summed E-state index contributed by atoms with van der Waals surface area (Å²) in [4.78, 5) is 0. The van der Waals surface area contributed by atoms with Gasteiger partial charge in [-0.1, -0.05) is 19.1 Å². The largest absolute Gasteiger partial charge is 0.396 e. The molecule has 0 bridgehead atoms. The molecule has 4 heteroatoms. The van der Waals surface area contributed by atoms with Crippen molar-refractivity contribution in [1.82, 2.24) is 5.32 Å². The maximum absolute atomic E-state index is 13.1. The summed E-state index contributed by atoms with van der Waals surface area (Å²) < 4.78 is 13.1. The first-order valence-electron chi connectivity index (χ1n) is 5.91. The SMILES string of the molecule is CC(CO)C(C)NC(CN)c1cccc(F)c1. The van der Waals surface area contributed by atoms with Gasteiger partial charge in [0, 0.05) is 25.2 Å². The lowest BCUT2D eigenvalue weighted by atomic mass is 10.0. The van der Waals surface area contributed by atoms with Crippen molar-refractivity contribution in [1.29, 1.82) is 0 Å². The van der Waals surface area contributed by atoms with Crippen LogP contribution in [0.5, 0.6) is 0 Å². The summed E-state index contributed by atoms with van der Waals surface area (Å²) in [6.07, 6.45) is 0. The van der Waals surface area contributed by atoms with Crippen LogP contribution in [0.2, 0.25) is 0 Å². The van der Waals surface area contributed by atoms with Crippen molar-refractivity contribution in [2.75, 3.05) is 13.2 Å². The summed E-state index contributed by atoms with van der Waals surface area (Å²) in [5.41, 5.74) is 6.53. The van der Waals surface area contributed by atoms with Crippen LogP contribution < -0.4 is 11.1 Å². The Bertz CT molecular complexity index is 346. The van der Waals surface area contributed by atoms with Gasteiger partial charge in [0.1, 0.15) is 5.82 Å². The minimum Gasteiger partial charge on any atom is -0.396 e. The average molecular weight is 240 g/mol. The van der Waals surface area contributed by atoms with E-state index in [1.807, 2.05) is 19.9 Å². The quantitative estimate of drug-likeness (QED) is 0.705. The van der Waals surface area contributed by atoms with Crippen molar-refractivity contribution in [3.05, 3.63) is 35.6 Å². The molecular weight excluding hydrogens is 219 g/mol. The zero-order chi connectivity index (χ0) is 12.8. The van der Waals surface area contributed by atoms with Gasteiger partial charge in [0.25, 0.3) is 0 Å². The van der Waals surface area contributed by atoms with Crippen LogP contribution in [0, 0.1) is 11.7 Å². The van der Waals surface area contributed by atoms with E-state index in [2.05, 4.69) is 5.32 Å². The highest BCUT2D eigenvalue weighted by Gasteiger charge is 2.17. The lowest BCUT2D eigenvalue weighted by Crippen LogP contribution is -2.39. The Morgan fingerprint density at radius 3 is 2.65 bits per heavy atom. The van der Waals surface area contributed by atoms with Crippen molar-refractivity contribution in [2.24, 2.45) is 11.7 Å².